The van der Waals surface area contributed by atoms with Crippen LogP contribution in [0.4, 0.5) is 0 Å². The maximum absolute atomic E-state index is 12.0. The number of hydrogen-bond donors (Lipinski definition) is 1. The van der Waals surface area contributed by atoms with E-state index in [0.717, 1.165) is 19.6 Å². The zero-order valence-electron chi connectivity index (χ0n) is 14.1. The number of halogens is 2. The smallest absolute Gasteiger partial charge is 0.408 e. The molecule has 1 aliphatic rings. The number of fused-ring (bicyclic) bond motifs is 1. The van der Waals surface area contributed by atoms with Crippen molar-refractivity contribution in [3.8, 4) is 0 Å². The van der Waals surface area contributed by atoms with Crippen LogP contribution in [0.1, 0.15) is 17.8 Å². The SMILES string of the molecule is CN1CCNCC1c1noc(CCn2c(=O)oc3cc(Cl)ccc32)n1.Cl. The van der Waals surface area contributed by atoms with E-state index in [0.29, 0.717) is 40.8 Å². The van der Waals surface area contributed by atoms with Gasteiger partial charge in [-0.3, -0.25) is 9.47 Å². The molecule has 10 heteroatoms. The zero-order chi connectivity index (χ0) is 17.4. The minimum absolute atomic E-state index is 0. The number of hydrogen-bond acceptors (Lipinski definition) is 7. The molecule has 0 radical (unpaired) electrons. The molecule has 1 aliphatic heterocycles. The maximum Gasteiger partial charge on any atom is 0.419 e. The van der Waals surface area contributed by atoms with Crippen molar-refractivity contribution in [1.82, 2.24) is 24.9 Å². The fourth-order valence-corrected chi connectivity index (χ4v) is 3.22. The third kappa shape index (κ3) is 3.64. The van der Waals surface area contributed by atoms with E-state index in [1.165, 1.54) is 0 Å². The number of aromatic nitrogens is 3. The summed E-state index contributed by atoms with van der Waals surface area (Å²) in [5.41, 5.74) is 1.17. The van der Waals surface area contributed by atoms with Crippen molar-refractivity contribution in [3.05, 3.63) is 45.5 Å². The van der Waals surface area contributed by atoms with Crippen molar-refractivity contribution >= 4 is 35.1 Å². The molecule has 0 saturated carbocycles. The van der Waals surface area contributed by atoms with Crippen LogP contribution in [0.2, 0.25) is 5.02 Å². The lowest BCUT2D eigenvalue weighted by Gasteiger charge is -2.30. The Morgan fingerprint density at radius 1 is 1.42 bits per heavy atom. The first-order valence-electron chi connectivity index (χ1n) is 8.14. The normalized spacial score (nSPS) is 18.2. The van der Waals surface area contributed by atoms with Gasteiger partial charge in [0, 0.05) is 43.7 Å². The highest BCUT2D eigenvalue weighted by atomic mass is 35.5. The third-order valence-electron chi connectivity index (χ3n) is 4.47. The molecular weight excluding hydrogens is 381 g/mol. The van der Waals surface area contributed by atoms with Crippen LogP contribution in [0, 0.1) is 0 Å². The lowest BCUT2D eigenvalue weighted by Crippen LogP contribution is -2.44. The maximum atomic E-state index is 12.0. The fraction of sp³-hybridized carbons (Fsp3) is 0.438. The van der Waals surface area contributed by atoms with E-state index in [2.05, 4.69) is 20.4 Å². The molecule has 1 N–H and O–H groups in total. The van der Waals surface area contributed by atoms with E-state index < -0.39 is 5.76 Å². The molecule has 1 unspecified atom stereocenters. The van der Waals surface area contributed by atoms with Crippen LogP contribution in [-0.4, -0.2) is 46.3 Å². The quantitative estimate of drug-likeness (QED) is 0.715. The van der Waals surface area contributed by atoms with Crippen molar-refractivity contribution in [1.29, 1.82) is 0 Å². The van der Waals surface area contributed by atoms with Gasteiger partial charge in [0.25, 0.3) is 0 Å². The van der Waals surface area contributed by atoms with Gasteiger partial charge in [-0.05, 0) is 19.2 Å². The summed E-state index contributed by atoms with van der Waals surface area (Å²) in [7, 11) is 2.05. The van der Waals surface area contributed by atoms with Gasteiger partial charge in [-0.15, -0.1) is 12.4 Å². The van der Waals surface area contributed by atoms with Crippen molar-refractivity contribution < 1.29 is 8.94 Å². The summed E-state index contributed by atoms with van der Waals surface area (Å²) in [5, 5.41) is 7.95. The fourth-order valence-electron chi connectivity index (χ4n) is 3.06. The van der Waals surface area contributed by atoms with Gasteiger partial charge < -0.3 is 14.3 Å². The van der Waals surface area contributed by atoms with Crippen molar-refractivity contribution in [3.63, 3.8) is 0 Å². The van der Waals surface area contributed by atoms with E-state index >= 15 is 0 Å². The lowest BCUT2D eigenvalue weighted by atomic mass is 10.2. The van der Waals surface area contributed by atoms with Gasteiger partial charge in [0.05, 0.1) is 11.6 Å². The van der Waals surface area contributed by atoms with E-state index in [1.54, 1.807) is 22.8 Å². The molecule has 140 valence electrons. The lowest BCUT2D eigenvalue weighted by molar-refractivity contribution is 0.190. The molecule has 1 saturated heterocycles. The number of piperazine rings is 1. The van der Waals surface area contributed by atoms with Crippen LogP contribution >= 0.6 is 24.0 Å². The summed E-state index contributed by atoms with van der Waals surface area (Å²) >= 11 is 5.93. The van der Waals surface area contributed by atoms with Gasteiger partial charge in [0.1, 0.15) is 0 Å². The van der Waals surface area contributed by atoms with Crippen LogP contribution in [0.3, 0.4) is 0 Å². The zero-order valence-corrected chi connectivity index (χ0v) is 15.7. The molecule has 0 aliphatic carbocycles. The van der Waals surface area contributed by atoms with Gasteiger partial charge in [-0.1, -0.05) is 16.8 Å². The van der Waals surface area contributed by atoms with Crippen molar-refractivity contribution in [2.24, 2.45) is 0 Å². The Bertz CT molecular complexity index is 951. The number of oxazole rings is 1. The highest BCUT2D eigenvalue weighted by Gasteiger charge is 2.25. The Morgan fingerprint density at radius 2 is 2.27 bits per heavy atom. The molecular formula is C16H19Cl2N5O3. The second-order valence-electron chi connectivity index (χ2n) is 6.13. The minimum Gasteiger partial charge on any atom is -0.408 e. The van der Waals surface area contributed by atoms with Crippen LogP contribution in [0.15, 0.2) is 31.9 Å². The molecule has 8 nitrogen and oxygen atoms in total. The summed E-state index contributed by atoms with van der Waals surface area (Å²) in [6.45, 7) is 3.08. The van der Waals surface area contributed by atoms with Crippen LogP contribution in [0.25, 0.3) is 11.1 Å². The van der Waals surface area contributed by atoms with Gasteiger partial charge in [0.2, 0.25) is 5.89 Å². The molecule has 0 spiro atoms. The first-order chi connectivity index (χ1) is 12.1. The molecule has 1 fully saturated rings. The number of nitrogens with one attached hydrogen (secondary N) is 1. The summed E-state index contributed by atoms with van der Waals surface area (Å²) in [4.78, 5) is 18.7. The largest absolute Gasteiger partial charge is 0.419 e. The monoisotopic (exact) mass is 399 g/mol. The summed E-state index contributed by atoms with van der Waals surface area (Å²) in [6.07, 6.45) is 0.452. The predicted octanol–water partition coefficient (Wildman–Crippen LogP) is 1.87. The van der Waals surface area contributed by atoms with Crippen molar-refractivity contribution in [2.75, 3.05) is 26.7 Å². The van der Waals surface area contributed by atoms with Crippen LogP contribution in [-0.2, 0) is 13.0 Å². The van der Waals surface area contributed by atoms with Gasteiger partial charge >= 0.3 is 5.76 Å². The summed E-state index contributed by atoms with van der Waals surface area (Å²) in [6, 6.07) is 5.23. The Kier molecular flexibility index (Phi) is 5.67. The van der Waals surface area contributed by atoms with E-state index in [1.807, 2.05) is 7.05 Å². The Morgan fingerprint density at radius 3 is 3.08 bits per heavy atom. The van der Waals surface area contributed by atoms with Gasteiger partial charge in [-0.25, -0.2) is 4.79 Å². The highest BCUT2D eigenvalue weighted by Crippen LogP contribution is 2.20. The number of nitrogens with zero attached hydrogens (tertiary/aromatic N) is 4. The van der Waals surface area contributed by atoms with E-state index in [4.69, 9.17) is 20.5 Å². The van der Waals surface area contributed by atoms with E-state index in [-0.39, 0.29) is 18.4 Å². The highest BCUT2D eigenvalue weighted by molar-refractivity contribution is 6.31. The molecule has 0 bridgehead atoms. The van der Waals surface area contributed by atoms with Crippen LogP contribution in [0.5, 0.6) is 0 Å². The molecule has 3 aromatic rings. The molecule has 1 aromatic carbocycles. The van der Waals surface area contributed by atoms with Gasteiger partial charge in [-0.2, -0.15) is 4.98 Å². The summed E-state index contributed by atoms with van der Waals surface area (Å²) in [5.74, 6) is 0.748. The number of rotatable bonds is 4. The molecule has 1 atom stereocenters. The van der Waals surface area contributed by atoms with Crippen LogP contribution < -0.4 is 11.1 Å². The Labute approximate surface area is 160 Å². The Hall–Kier alpha value is -1.87. The molecule has 3 heterocycles. The van der Waals surface area contributed by atoms with Crippen molar-refractivity contribution in [2.45, 2.75) is 19.0 Å². The molecule has 0 amide bonds. The minimum atomic E-state index is -0.423. The molecule has 26 heavy (non-hydrogen) atoms. The van der Waals surface area contributed by atoms with Gasteiger partial charge in [0.15, 0.2) is 11.4 Å². The number of benzene rings is 1. The number of aryl methyl sites for hydroxylation is 2. The average molecular weight is 400 g/mol. The first kappa shape index (κ1) is 18.9. The number of likely N-dealkylation sites (N-methyl/N-ethyl adjacent to an activating group) is 1. The molecule has 4 rings (SSSR count). The standard InChI is InChI=1S/C16H18ClN5O3.ClH/c1-21-7-5-18-9-12(21)15-19-14(25-20-15)4-6-22-11-3-2-10(17)8-13(11)24-16(22)23;/h2-3,8,12,18H,4-7,9H2,1H3;1H. The second kappa shape index (κ2) is 7.79. The first-order valence-corrected chi connectivity index (χ1v) is 8.52. The van der Waals surface area contributed by atoms with E-state index in [9.17, 15) is 4.79 Å². The average Bonchev–Trinajstić information content (AvgIpc) is 3.17. The molecule has 2 aromatic heterocycles. The second-order valence-corrected chi connectivity index (χ2v) is 6.56. The summed E-state index contributed by atoms with van der Waals surface area (Å²) < 4.78 is 12.1. The third-order valence-corrected chi connectivity index (χ3v) is 4.71. The predicted molar refractivity (Wildman–Crippen MR) is 99.0 cm³/mol. The topological polar surface area (TPSA) is 89.3 Å². The Balaban J connectivity index is 0.00000196.